The lowest BCUT2D eigenvalue weighted by Crippen LogP contribution is -2.30. The average molecular weight is 258 g/mol. The summed E-state index contributed by atoms with van der Waals surface area (Å²) in [6.45, 7) is 4.58. The summed E-state index contributed by atoms with van der Waals surface area (Å²) in [6, 6.07) is 4.10. The highest BCUT2D eigenvalue weighted by Crippen LogP contribution is 2.21. The molecule has 0 aliphatic heterocycles. The molecule has 0 saturated carbocycles. The molecule has 1 aromatic rings. The van der Waals surface area contributed by atoms with Gasteiger partial charge < -0.3 is 5.32 Å². The van der Waals surface area contributed by atoms with E-state index in [2.05, 4.69) is 5.32 Å². The summed E-state index contributed by atoms with van der Waals surface area (Å²) in [5.74, 6) is -0.408. The highest BCUT2D eigenvalue weighted by Gasteiger charge is 2.23. The number of Topliss-reactive ketones (excluding diaryl/α,β-unsaturated/α-hetero) is 1. The van der Waals surface area contributed by atoms with E-state index in [9.17, 15) is 9.18 Å². The predicted octanol–water partition coefficient (Wildman–Crippen LogP) is 3.15. The molecule has 4 heteroatoms. The van der Waals surface area contributed by atoms with Crippen LogP contribution in [-0.4, -0.2) is 19.4 Å². The molecule has 1 atom stereocenters. The third-order valence-electron chi connectivity index (χ3n) is 2.77. The van der Waals surface area contributed by atoms with Crippen molar-refractivity contribution in [2.75, 3.05) is 13.6 Å². The van der Waals surface area contributed by atoms with Gasteiger partial charge in [0.2, 0.25) is 0 Å². The Bertz CT molecular complexity index is 406. The molecule has 1 N–H and O–H groups in total. The lowest BCUT2D eigenvalue weighted by atomic mass is 9.88. The molecule has 0 spiro atoms. The Morgan fingerprint density at radius 2 is 2.12 bits per heavy atom. The zero-order valence-electron chi connectivity index (χ0n) is 10.3. The summed E-state index contributed by atoms with van der Waals surface area (Å²) in [7, 11) is 1.81. The van der Waals surface area contributed by atoms with Gasteiger partial charge in [-0.05, 0) is 31.2 Å². The van der Waals surface area contributed by atoms with E-state index in [-0.39, 0.29) is 22.6 Å². The summed E-state index contributed by atoms with van der Waals surface area (Å²) in [4.78, 5) is 12.2. The fourth-order valence-electron chi connectivity index (χ4n) is 1.71. The number of hydrogen-bond acceptors (Lipinski definition) is 2. The Morgan fingerprint density at radius 3 is 2.59 bits per heavy atom. The van der Waals surface area contributed by atoms with Crippen molar-refractivity contribution in [2.45, 2.75) is 13.8 Å². The molecule has 17 heavy (non-hydrogen) atoms. The van der Waals surface area contributed by atoms with Gasteiger partial charge in [-0.3, -0.25) is 4.79 Å². The summed E-state index contributed by atoms with van der Waals surface area (Å²) >= 11 is 5.68. The SMILES string of the molecule is CNCC(C(=O)c1ccc(F)c(Cl)c1)C(C)C. The Labute approximate surface area is 106 Å². The van der Waals surface area contributed by atoms with E-state index in [1.54, 1.807) is 7.05 Å². The van der Waals surface area contributed by atoms with E-state index in [0.29, 0.717) is 12.1 Å². The third-order valence-corrected chi connectivity index (χ3v) is 3.06. The molecular weight excluding hydrogens is 241 g/mol. The van der Waals surface area contributed by atoms with Gasteiger partial charge in [-0.25, -0.2) is 4.39 Å². The van der Waals surface area contributed by atoms with Crippen LogP contribution >= 0.6 is 11.6 Å². The maximum Gasteiger partial charge on any atom is 0.167 e. The lowest BCUT2D eigenvalue weighted by Gasteiger charge is -2.19. The molecule has 0 saturated heterocycles. The van der Waals surface area contributed by atoms with Crippen LogP contribution in [0.25, 0.3) is 0 Å². The summed E-state index contributed by atoms with van der Waals surface area (Å²) < 4.78 is 13.0. The molecule has 0 aliphatic carbocycles. The minimum absolute atomic E-state index is 0.00347. The fraction of sp³-hybridized carbons (Fsp3) is 0.462. The number of carbonyl (C=O) groups excluding carboxylic acids is 1. The quantitative estimate of drug-likeness (QED) is 0.821. The van der Waals surface area contributed by atoms with E-state index in [4.69, 9.17) is 11.6 Å². The summed E-state index contributed by atoms with van der Waals surface area (Å²) in [5, 5.41) is 2.99. The van der Waals surface area contributed by atoms with Gasteiger partial charge in [-0.2, -0.15) is 0 Å². The molecule has 0 amide bonds. The van der Waals surface area contributed by atoms with Crippen LogP contribution in [0.1, 0.15) is 24.2 Å². The fourth-order valence-corrected chi connectivity index (χ4v) is 1.90. The molecule has 0 radical (unpaired) electrons. The van der Waals surface area contributed by atoms with Gasteiger partial charge in [-0.1, -0.05) is 25.4 Å². The number of halogens is 2. The van der Waals surface area contributed by atoms with Crippen LogP contribution in [0, 0.1) is 17.7 Å². The van der Waals surface area contributed by atoms with Crippen LogP contribution < -0.4 is 5.32 Å². The molecule has 0 aromatic heterocycles. The van der Waals surface area contributed by atoms with Gasteiger partial charge in [0.15, 0.2) is 5.78 Å². The number of hydrogen-bond donors (Lipinski definition) is 1. The third kappa shape index (κ3) is 3.51. The van der Waals surface area contributed by atoms with Gasteiger partial charge in [0.25, 0.3) is 0 Å². The number of ketones is 1. The molecule has 2 nitrogen and oxygen atoms in total. The van der Waals surface area contributed by atoms with Crippen molar-refractivity contribution >= 4 is 17.4 Å². The van der Waals surface area contributed by atoms with E-state index in [0.717, 1.165) is 0 Å². The Kier molecular flexibility index (Phi) is 5.09. The Morgan fingerprint density at radius 1 is 1.47 bits per heavy atom. The molecule has 0 fully saturated rings. The first kappa shape index (κ1) is 14.1. The highest BCUT2D eigenvalue weighted by atomic mass is 35.5. The van der Waals surface area contributed by atoms with E-state index in [1.165, 1.54) is 18.2 Å². The number of rotatable bonds is 5. The predicted molar refractivity (Wildman–Crippen MR) is 68.0 cm³/mol. The second kappa shape index (κ2) is 6.12. The van der Waals surface area contributed by atoms with Crippen LogP contribution in [0.15, 0.2) is 18.2 Å². The van der Waals surface area contributed by atoms with Crippen LogP contribution in [0.2, 0.25) is 5.02 Å². The second-order valence-electron chi connectivity index (χ2n) is 4.40. The van der Waals surface area contributed by atoms with E-state index < -0.39 is 5.82 Å². The first-order chi connectivity index (χ1) is 7.97. The van der Waals surface area contributed by atoms with Gasteiger partial charge in [-0.15, -0.1) is 0 Å². The smallest absolute Gasteiger partial charge is 0.167 e. The topological polar surface area (TPSA) is 29.1 Å². The summed E-state index contributed by atoms with van der Waals surface area (Å²) in [6.07, 6.45) is 0. The van der Waals surface area contributed by atoms with Crippen molar-refractivity contribution in [3.63, 3.8) is 0 Å². The molecule has 0 bridgehead atoms. The molecule has 0 aliphatic rings. The average Bonchev–Trinajstić information content (AvgIpc) is 2.28. The highest BCUT2D eigenvalue weighted by molar-refractivity contribution is 6.31. The maximum absolute atomic E-state index is 13.0. The molecule has 0 heterocycles. The molecule has 1 unspecified atom stereocenters. The Balaban J connectivity index is 2.97. The van der Waals surface area contributed by atoms with Crippen molar-refractivity contribution in [1.82, 2.24) is 5.32 Å². The monoisotopic (exact) mass is 257 g/mol. The number of benzene rings is 1. The molecule has 1 rings (SSSR count). The number of nitrogens with one attached hydrogen (secondary N) is 1. The van der Waals surface area contributed by atoms with Crippen LogP contribution in [0.5, 0.6) is 0 Å². The molecule has 1 aromatic carbocycles. The minimum Gasteiger partial charge on any atom is -0.319 e. The largest absolute Gasteiger partial charge is 0.319 e. The van der Waals surface area contributed by atoms with Crippen LogP contribution in [-0.2, 0) is 0 Å². The van der Waals surface area contributed by atoms with Crippen LogP contribution in [0.4, 0.5) is 4.39 Å². The van der Waals surface area contributed by atoms with Gasteiger partial charge in [0.05, 0.1) is 5.02 Å². The minimum atomic E-state index is -0.502. The zero-order chi connectivity index (χ0) is 13.0. The van der Waals surface area contributed by atoms with Crippen molar-refractivity contribution < 1.29 is 9.18 Å². The second-order valence-corrected chi connectivity index (χ2v) is 4.81. The van der Waals surface area contributed by atoms with Gasteiger partial charge in [0, 0.05) is 18.0 Å². The zero-order valence-corrected chi connectivity index (χ0v) is 11.0. The first-order valence-corrected chi connectivity index (χ1v) is 5.99. The number of carbonyl (C=O) groups is 1. The lowest BCUT2D eigenvalue weighted by molar-refractivity contribution is 0.0886. The van der Waals surface area contributed by atoms with E-state index in [1.807, 2.05) is 13.8 Å². The standard InChI is InChI=1S/C13H17ClFNO/c1-8(2)10(7-16-3)13(17)9-4-5-12(15)11(14)6-9/h4-6,8,10,16H,7H2,1-3H3. The first-order valence-electron chi connectivity index (χ1n) is 5.61. The molecular formula is C13H17ClFNO. The van der Waals surface area contributed by atoms with Crippen molar-refractivity contribution in [1.29, 1.82) is 0 Å². The van der Waals surface area contributed by atoms with Crippen molar-refractivity contribution in [2.24, 2.45) is 11.8 Å². The Hall–Kier alpha value is -0.930. The van der Waals surface area contributed by atoms with Crippen molar-refractivity contribution in [3.05, 3.63) is 34.6 Å². The maximum atomic E-state index is 13.0. The van der Waals surface area contributed by atoms with Crippen LogP contribution in [0.3, 0.4) is 0 Å². The van der Waals surface area contributed by atoms with E-state index >= 15 is 0 Å². The summed E-state index contributed by atoms with van der Waals surface area (Å²) in [5.41, 5.74) is 0.463. The molecule has 94 valence electrons. The van der Waals surface area contributed by atoms with Gasteiger partial charge in [0.1, 0.15) is 5.82 Å². The normalized spacial score (nSPS) is 12.8. The van der Waals surface area contributed by atoms with Crippen molar-refractivity contribution in [3.8, 4) is 0 Å². The van der Waals surface area contributed by atoms with Gasteiger partial charge >= 0.3 is 0 Å².